The minimum absolute atomic E-state index is 0.00126. The minimum Gasteiger partial charge on any atom is -0.462 e. The van der Waals surface area contributed by atoms with Crippen molar-refractivity contribution in [3.8, 4) is 16.9 Å². The van der Waals surface area contributed by atoms with Gasteiger partial charge in [-0.1, -0.05) is 31.9 Å². The van der Waals surface area contributed by atoms with Crippen LogP contribution in [0, 0.1) is 0 Å². The molecule has 0 heterocycles. The highest BCUT2D eigenvalue weighted by Crippen LogP contribution is 2.26. The molecule has 0 fully saturated rings. The largest absolute Gasteiger partial charge is 0.462 e. The van der Waals surface area contributed by atoms with Gasteiger partial charge in [0.05, 0.1) is 17.7 Å². The average Bonchev–Trinajstić information content (AvgIpc) is 2.92. The van der Waals surface area contributed by atoms with Crippen LogP contribution in [-0.2, 0) is 28.6 Å². The van der Waals surface area contributed by atoms with Gasteiger partial charge in [0.15, 0.2) is 5.78 Å². The van der Waals surface area contributed by atoms with Crippen LogP contribution in [0.2, 0.25) is 0 Å². The van der Waals surface area contributed by atoms with Crippen LogP contribution in [0.25, 0.3) is 11.1 Å². The van der Waals surface area contributed by atoms with Crippen LogP contribution in [0.1, 0.15) is 54.3 Å². The third kappa shape index (κ3) is 9.83. The summed E-state index contributed by atoms with van der Waals surface area (Å²) in [7, 11) is 0. The normalized spacial score (nSPS) is 10.2. The molecule has 0 saturated carbocycles. The van der Waals surface area contributed by atoms with E-state index in [1.54, 1.807) is 37.3 Å². The molecule has 0 radical (unpaired) electrons. The molecule has 0 unspecified atom stereocenters. The number of hydrogen-bond acceptors (Lipinski definition) is 9. The Kier molecular flexibility index (Phi) is 11.8. The van der Waals surface area contributed by atoms with Crippen LogP contribution >= 0.6 is 0 Å². The first-order chi connectivity index (χ1) is 18.9. The van der Waals surface area contributed by atoms with Crippen molar-refractivity contribution in [1.29, 1.82) is 0 Å². The minimum atomic E-state index is -0.749. The van der Waals surface area contributed by atoms with Crippen molar-refractivity contribution in [2.24, 2.45) is 0 Å². The summed E-state index contributed by atoms with van der Waals surface area (Å²) in [6, 6.07) is 10.8. The third-order valence-corrected chi connectivity index (χ3v) is 5.31. The van der Waals surface area contributed by atoms with Gasteiger partial charge in [0.2, 0.25) is 0 Å². The maximum atomic E-state index is 12.8. The fourth-order valence-corrected chi connectivity index (χ4v) is 3.11. The first-order valence-electron chi connectivity index (χ1n) is 12.4. The van der Waals surface area contributed by atoms with Gasteiger partial charge in [0.1, 0.15) is 19.0 Å². The molecular weight excluding hydrogens is 516 g/mol. The Morgan fingerprint density at radius 2 is 1.15 bits per heavy atom. The van der Waals surface area contributed by atoms with Crippen LogP contribution in [-0.4, -0.2) is 49.5 Å². The number of hydrogen-bond donors (Lipinski definition) is 0. The smallest absolute Gasteiger partial charge is 0.338 e. The average molecular weight is 549 g/mol. The van der Waals surface area contributed by atoms with Gasteiger partial charge >= 0.3 is 23.9 Å². The fraction of sp³-hybridized carbons (Fsp3) is 0.258. The molecule has 0 amide bonds. The lowest BCUT2D eigenvalue weighted by atomic mass is 9.99. The Bertz CT molecular complexity index is 1270. The zero-order valence-electron chi connectivity index (χ0n) is 22.9. The Hall–Kier alpha value is -4.79. The van der Waals surface area contributed by atoms with Gasteiger partial charge in [-0.15, -0.1) is 0 Å². The predicted octanol–water partition coefficient (Wildman–Crippen LogP) is 5.19. The number of benzene rings is 2. The van der Waals surface area contributed by atoms with E-state index in [4.69, 9.17) is 18.9 Å². The number of allylic oxidation sites excluding steroid dienone is 1. The monoisotopic (exact) mass is 548 g/mol. The van der Waals surface area contributed by atoms with Gasteiger partial charge < -0.3 is 18.9 Å². The number of ketones is 1. The summed E-state index contributed by atoms with van der Waals surface area (Å²) < 4.78 is 20.6. The summed E-state index contributed by atoms with van der Waals surface area (Å²) in [4.78, 5) is 60.6. The molecule has 40 heavy (non-hydrogen) atoms. The third-order valence-electron chi connectivity index (χ3n) is 5.31. The van der Waals surface area contributed by atoms with Crippen molar-refractivity contribution < 1.29 is 42.9 Å². The van der Waals surface area contributed by atoms with Crippen molar-refractivity contribution in [2.45, 2.75) is 33.6 Å². The topological polar surface area (TPSA) is 122 Å². The summed E-state index contributed by atoms with van der Waals surface area (Å²) in [5.74, 6) is -2.44. The van der Waals surface area contributed by atoms with Crippen molar-refractivity contribution >= 4 is 29.7 Å². The van der Waals surface area contributed by atoms with Crippen molar-refractivity contribution in [1.82, 2.24) is 0 Å². The summed E-state index contributed by atoms with van der Waals surface area (Å²) in [6.45, 7) is 14.9. The van der Waals surface area contributed by atoms with E-state index in [9.17, 15) is 24.0 Å². The molecule has 0 aromatic heterocycles. The van der Waals surface area contributed by atoms with Gasteiger partial charge in [0.25, 0.3) is 0 Å². The first-order valence-corrected chi connectivity index (χ1v) is 12.4. The summed E-state index contributed by atoms with van der Waals surface area (Å²) in [5, 5.41) is 0. The van der Waals surface area contributed by atoms with Crippen molar-refractivity contribution in [3.05, 3.63) is 90.0 Å². The van der Waals surface area contributed by atoms with E-state index >= 15 is 0 Å². The number of ether oxygens (including phenoxy) is 4. The highest BCUT2D eigenvalue weighted by Gasteiger charge is 2.17. The molecular formula is C31H32O9. The van der Waals surface area contributed by atoms with Crippen molar-refractivity contribution in [2.75, 3.05) is 19.8 Å². The Morgan fingerprint density at radius 3 is 1.68 bits per heavy atom. The second-order valence-corrected chi connectivity index (χ2v) is 8.99. The van der Waals surface area contributed by atoms with Crippen molar-refractivity contribution in [3.63, 3.8) is 0 Å². The van der Waals surface area contributed by atoms with Gasteiger partial charge in [-0.2, -0.15) is 0 Å². The van der Waals surface area contributed by atoms with E-state index in [2.05, 4.69) is 19.7 Å². The van der Waals surface area contributed by atoms with Gasteiger partial charge in [-0.25, -0.2) is 19.2 Å². The first kappa shape index (κ1) is 31.4. The van der Waals surface area contributed by atoms with Crippen LogP contribution in [0.4, 0.5) is 0 Å². The standard InChI is InChI=1S/C31H32O9/c1-19(2)27(32)8-7-13-37-30(35)24-16-23(22-9-11-26(12-10-22)40-29(34)21(5)6)17-25(18-24)31(36)39-15-14-38-28(33)20(3)4/h9-12,16-18H,1,3,5,7-8,13-15H2,2,4,6H3. The molecule has 2 aromatic rings. The van der Waals surface area contributed by atoms with Crippen LogP contribution in [0.3, 0.4) is 0 Å². The lowest BCUT2D eigenvalue weighted by Gasteiger charge is -2.11. The SMILES string of the molecule is C=C(C)C(=O)CCCOC(=O)c1cc(C(=O)OCCOC(=O)C(=C)C)cc(-c2ccc(OC(=O)C(=C)C)cc2)c1. The van der Waals surface area contributed by atoms with E-state index in [-0.39, 0.29) is 54.3 Å². The second-order valence-electron chi connectivity index (χ2n) is 8.99. The number of rotatable bonds is 14. The molecule has 0 aliphatic heterocycles. The molecule has 0 spiro atoms. The molecule has 0 saturated heterocycles. The van der Waals surface area contributed by atoms with E-state index in [0.717, 1.165) is 0 Å². The molecule has 0 N–H and O–H groups in total. The molecule has 0 bridgehead atoms. The van der Waals surface area contributed by atoms with E-state index in [0.29, 0.717) is 28.9 Å². The van der Waals surface area contributed by atoms with E-state index in [1.807, 2.05) is 0 Å². The predicted molar refractivity (Wildman–Crippen MR) is 148 cm³/mol. The number of carbonyl (C=O) groups excluding carboxylic acids is 5. The summed E-state index contributed by atoms with van der Waals surface area (Å²) in [5.41, 5.74) is 2.14. The highest BCUT2D eigenvalue weighted by atomic mass is 16.6. The van der Waals surface area contributed by atoms with Gasteiger partial charge in [0, 0.05) is 17.6 Å². The summed E-state index contributed by atoms with van der Waals surface area (Å²) >= 11 is 0. The van der Waals surface area contributed by atoms with Crippen LogP contribution in [0.5, 0.6) is 5.75 Å². The molecule has 9 nitrogen and oxygen atoms in total. The summed E-state index contributed by atoms with van der Waals surface area (Å²) in [6.07, 6.45) is 0.512. The fourth-order valence-electron chi connectivity index (χ4n) is 3.11. The Morgan fingerprint density at radius 1 is 0.625 bits per heavy atom. The van der Waals surface area contributed by atoms with Gasteiger partial charge in [-0.3, -0.25) is 4.79 Å². The number of carbonyl (C=O) groups is 5. The molecule has 0 aliphatic carbocycles. The van der Waals surface area contributed by atoms with Crippen LogP contribution in [0.15, 0.2) is 78.9 Å². The molecule has 0 atom stereocenters. The molecule has 210 valence electrons. The lowest BCUT2D eigenvalue weighted by Crippen LogP contribution is -2.15. The molecule has 2 rings (SSSR count). The lowest BCUT2D eigenvalue weighted by molar-refractivity contribution is -0.140. The molecule has 2 aromatic carbocycles. The highest BCUT2D eigenvalue weighted by molar-refractivity contribution is 5.98. The second kappa shape index (κ2) is 15.0. The zero-order valence-corrected chi connectivity index (χ0v) is 22.9. The quantitative estimate of drug-likeness (QED) is 0.103. The molecule has 9 heteroatoms. The van der Waals surface area contributed by atoms with E-state index in [1.165, 1.54) is 26.0 Å². The Balaban J connectivity index is 2.24. The van der Waals surface area contributed by atoms with Gasteiger partial charge in [-0.05, 0) is 74.2 Å². The molecule has 0 aliphatic rings. The number of Topliss-reactive ketones (excluding diaryl/α,β-unsaturated/α-hetero) is 1. The van der Waals surface area contributed by atoms with E-state index < -0.39 is 23.9 Å². The maximum absolute atomic E-state index is 12.8. The number of esters is 4. The maximum Gasteiger partial charge on any atom is 0.338 e. The van der Waals surface area contributed by atoms with Crippen LogP contribution < -0.4 is 4.74 Å². The zero-order chi connectivity index (χ0) is 29.8. The Labute approximate surface area is 233 Å².